The van der Waals surface area contributed by atoms with E-state index < -0.39 is 4.92 Å². The number of nitrogens with zero attached hydrogens (tertiary/aromatic N) is 3. The van der Waals surface area contributed by atoms with Gasteiger partial charge in [-0.2, -0.15) is 5.26 Å². The van der Waals surface area contributed by atoms with Crippen molar-refractivity contribution < 1.29 is 9.66 Å². The fourth-order valence-corrected chi connectivity index (χ4v) is 1.80. The summed E-state index contributed by atoms with van der Waals surface area (Å²) in [6.45, 7) is 6.01. The van der Waals surface area contributed by atoms with Gasteiger partial charge in [-0.15, -0.1) is 0 Å². The monoisotopic (exact) mass is 277 g/mol. The van der Waals surface area contributed by atoms with Gasteiger partial charge in [-0.1, -0.05) is 0 Å². The topological polar surface area (TPSA) is 79.4 Å². The van der Waals surface area contributed by atoms with Crippen LogP contribution in [0.4, 0.5) is 11.4 Å². The molecule has 0 aliphatic rings. The van der Waals surface area contributed by atoms with Crippen molar-refractivity contribution in [3.05, 3.63) is 28.3 Å². The average Bonchev–Trinajstić information content (AvgIpc) is 2.37. The SMILES string of the molecule is CC(C#N)CN(C)c1ccc([N+](=O)[O-])c(OC(C)C)c1. The fourth-order valence-electron chi connectivity index (χ4n) is 1.80. The zero-order valence-corrected chi connectivity index (χ0v) is 12.2. The first-order valence-corrected chi connectivity index (χ1v) is 6.41. The van der Waals surface area contributed by atoms with Crippen LogP contribution in [0.2, 0.25) is 0 Å². The molecule has 108 valence electrons. The zero-order valence-electron chi connectivity index (χ0n) is 12.2. The van der Waals surface area contributed by atoms with E-state index in [1.165, 1.54) is 6.07 Å². The molecule has 6 heteroatoms. The number of ether oxygens (including phenoxy) is 1. The van der Waals surface area contributed by atoms with Gasteiger partial charge >= 0.3 is 5.69 Å². The highest BCUT2D eigenvalue weighted by Crippen LogP contribution is 2.32. The predicted octanol–water partition coefficient (Wildman–Crippen LogP) is 2.98. The summed E-state index contributed by atoms with van der Waals surface area (Å²) < 4.78 is 5.50. The molecular formula is C14H19N3O3. The molecule has 0 spiro atoms. The first-order valence-electron chi connectivity index (χ1n) is 6.41. The van der Waals surface area contributed by atoms with Crippen molar-refractivity contribution in [1.29, 1.82) is 5.26 Å². The van der Waals surface area contributed by atoms with Crippen molar-refractivity contribution in [2.24, 2.45) is 5.92 Å². The lowest BCUT2D eigenvalue weighted by atomic mass is 10.2. The van der Waals surface area contributed by atoms with Crippen LogP contribution in [-0.4, -0.2) is 24.6 Å². The molecule has 1 aromatic carbocycles. The van der Waals surface area contributed by atoms with Crippen LogP contribution in [0.5, 0.6) is 5.75 Å². The first kappa shape index (κ1) is 15.8. The van der Waals surface area contributed by atoms with Crippen molar-refractivity contribution in [2.45, 2.75) is 26.9 Å². The summed E-state index contributed by atoms with van der Waals surface area (Å²) in [4.78, 5) is 12.4. The summed E-state index contributed by atoms with van der Waals surface area (Å²) in [6, 6.07) is 6.90. The Labute approximate surface area is 118 Å². The zero-order chi connectivity index (χ0) is 15.3. The van der Waals surface area contributed by atoms with E-state index in [0.29, 0.717) is 6.54 Å². The van der Waals surface area contributed by atoms with E-state index in [4.69, 9.17) is 10.00 Å². The number of hydrogen-bond acceptors (Lipinski definition) is 5. The molecule has 20 heavy (non-hydrogen) atoms. The molecule has 0 aromatic heterocycles. The molecular weight excluding hydrogens is 258 g/mol. The molecule has 0 heterocycles. The Bertz CT molecular complexity index is 523. The minimum Gasteiger partial charge on any atom is -0.484 e. The summed E-state index contributed by atoms with van der Waals surface area (Å²) in [5.74, 6) is 0.128. The second-order valence-electron chi connectivity index (χ2n) is 4.99. The van der Waals surface area contributed by atoms with Crippen LogP contribution in [0, 0.1) is 27.4 Å². The molecule has 0 saturated carbocycles. The highest BCUT2D eigenvalue weighted by molar-refractivity contribution is 5.59. The summed E-state index contributed by atoms with van der Waals surface area (Å²) >= 11 is 0. The summed E-state index contributed by atoms with van der Waals surface area (Å²) in [6.07, 6.45) is -0.146. The third-order valence-electron chi connectivity index (χ3n) is 2.71. The molecule has 6 nitrogen and oxygen atoms in total. The lowest BCUT2D eigenvalue weighted by molar-refractivity contribution is -0.386. The number of benzene rings is 1. The van der Waals surface area contributed by atoms with Crippen LogP contribution in [0.15, 0.2) is 18.2 Å². The molecule has 1 aromatic rings. The van der Waals surface area contributed by atoms with Gasteiger partial charge in [-0.3, -0.25) is 10.1 Å². The van der Waals surface area contributed by atoms with Gasteiger partial charge in [0, 0.05) is 31.4 Å². The van der Waals surface area contributed by atoms with Crippen molar-refractivity contribution >= 4 is 11.4 Å². The molecule has 1 rings (SSSR count). The second kappa shape index (κ2) is 6.75. The van der Waals surface area contributed by atoms with Crippen LogP contribution in [0.3, 0.4) is 0 Å². The van der Waals surface area contributed by atoms with Gasteiger partial charge in [-0.25, -0.2) is 0 Å². The van der Waals surface area contributed by atoms with E-state index in [1.54, 1.807) is 12.1 Å². The van der Waals surface area contributed by atoms with E-state index in [1.807, 2.05) is 32.7 Å². The Morgan fingerprint density at radius 2 is 2.10 bits per heavy atom. The lowest BCUT2D eigenvalue weighted by Crippen LogP contribution is -2.23. The molecule has 0 N–H and O–H groups in total. The molecule has 0 aliphatic carbocycles. The van der Waals surface area contributed by atoms with E-state index >= 15 is 0 Å². The number of anilines is 1. The number of nitro benzene ring substituents is 1. The molecule has 0 bridgehead atoms. The fraction of sp³-hybridized carbons (Fsp3) is 0.500. The highest BCUT2D eigenvalue weighted by atomic mass is 16.6. The molecule has 0 radical (unpaired) electrons. The van der Waals surface area contributed by atoms with Crippen molar-refractivity contribution in [2.75, 3.05) is 18.5 Å². The van der Waals surface area contributed by atoms with E-state index in [-0.39, 0.29) is 23.5 Å². The Hall–Kier alpha value is -2.29. The Morgan fingerprint density at radius 3 is 2.60 bits per heavy atom. The summed E-state index contributed by atoms with van der Waals surface area (Å²) in [7, 11) is 1.84. The Kier molecular flexibility index (Phi) is 5.32. The number of nitro groups is 1. The predicted molar refractivity (Wildman–Crippen MR) is 76.9 cm³/mol. The second-order valence-corrected chi connectivity index (χ2v) is 4.99. The van der Waals surface area contributed by atoms with E-state index in [9.17, 15) is 10.1 Å². The Morgan fingerprint density at radius 1 is 1.45 bits per heavy atom. The molecule has 0 amide bonds. The number of rotatable bonds is 6. The van der Waals surface area contributed by atoms with Crippen molar-refractivity contribution in [1.82, 2.24) is 0 Å². The van der Waals surface area contributed by atoms with Gasteiger partial charge in [0.15, 0.2) is 5.75 Å². The smallest absolute Gasteiger partial charge is 0.311 e. The minimum absolute atomic E-state index is 0.0517. The molecule has 0 aliphatic heterocycles. The van der Waals surface area contributed by atoms with Gasteiger partial charge < -0.3 is 9.64 Å². The maximum absolute atomic E-state index is 11.0. The van der Waals surface area contributed by atoms with Crippen molar-refractivity contribution in [3.8, 4) is 11.8 Å². The maximum Gasteiger partial charge on any atom is 0.311 e. The van der Waals surface area contributed by atoms with Crippen LogP contribution in [0.25, 0.3) is 0 Å². The first-order chi connectivity index (χ1) is 9.35. The van der Waals surface area contributed by atoms with E-state index in [0.717, 1.165) is 5.69 Å². The third kappa shape index (κ3) is 4.12. The Balaban J connectivity index is 3.06. The van der Waals surface area contributed by atoms with Crippen molar-refractivity contribution in [3.63, 3.8) is 0 Å². The molecule has 0 saturated heterocycles. The minimum atomic E-state index is -0.459. The third-order valence-corrected chi connectivity index (χ3v) is 2.71. The van der Waals surface area contributed by atoms with Gasteiger partial charge in [0.2, 0.25) is 0 Å². The lowest BCUT2D eigenvalue weighted by Gasteiger charge is -2.21. The number of nitriles is 1. The quantitative estimate of drug-likeness (QED) is 0.590. The molecule has 0 fully saturated rings. The van der Waals surface area contributed by atoms with Crippen LogP contribution in [0.1, 0.15) is 20.8 Å². The maximum atomic E-state index is 11.0. The standard InChI is InChI=1S/C14H19N3O3/c1-10(2)20-14-7-12(5-6-13(14)17(18)19)16(4)9-11(3)8-15/h5-7,10-11H,9H2,1-4H3. The average molecular weight is 277 g/mol. The normalized spacial score (nSPS) is 11.8. The summed E-state index contributed by atoms with van der Waals surface area (Å²) in [5.41, 5.74) is 0.734. The summed E-state index contributed by atoms with van der Waals surface area (Å²) in [5, 5.41) is 19.8. The van der Waals surface area contributed by atoms with Crippen LogP contribution < -0.4 is 9.64 Å². The highest BCUT2D eigenvalue weighted by Gasteiger charge is 2.18. The van der Waals surface area contributed by atoms with Gasteiger partial charge in [-0.05, 0) is 26.8 Å². The van der Waals surface area contributed by atoms with Gasteiger partial charge in [0.25, 0.3) is 0 Å². The largest absolute Gasteiger partial charge is 0.484 e. The van der Waals surface area contributed by atoms with E-state index in [2.05, 4.69) is 6.07 Å². The molecule has 1 unspecified atom stereocenters. The van der Waals surface area contributed by atoms with Crippen LogP contribution >= 0.6 is 0 Å². The number of hydrogen-bond donors (Lipinski definition) is 0. The van der Waals surface area contributed by atoms with Crippen LogP contribution in [-0.2, 0) is 0 Å². The molecule has 1 atom stereocenters. The van der Waals surface area contributed by atoms with Gasteiger partial charge in [0.05, 0.1) is 23.0 Å². The van der Waals surface area contributed by atoms with Gasteiger partial charge in [0.1, 0.15) is 0 Å².